The maximum Gasteiger partial charge on any atom is 0.243 e. The topological polar surface area (TPSA) is 42.2 Å². The van der Waals surface area contributed by atoms with Crippen molar-refractivity contribution >= 4 is 0 Å². The van der Waals surface area contributed by atoms with Gasteiger partial charge in [0, 0.05) is 13.0 Å². The van der Waals surface area contributed by atoms with Gasteiger partial charge in [-0.3, -0.25) is 4.90 Å². The Morgan fingerprint density at radius 3 is 2.85 bits per heavy atom. The molecular weight excluding hydrogens is 250 g/mol. The van der Waals surface area contributed by atoms with Crippen LogP contribution in [0.4, 0.5) is 0 Å². The van der Waals surface area contributed by atoms with E-state index in [2.05, 4.69) is 52.3 Å². The third-order valence-corrected chi connectivity index (χ3v) is 4.20. The van der Waals surface area contributed by atoms with Gasteiger partial charge in [0.1, 0.15) is 0 Å². The normalized spacial score (nSPS) is 21.2. The fourth-order valence-corrected chi connectivity index (χ4v) is 2.87. The number of nitrogens with zero attached hydrogens (tertiary/aromatic N) is 3. The van der Waals surface area contributed by atoms with Gasteiger partial charge in [0.2, 0.25) is 5.89 Å². The number of rotatable bonds is 4. The van der Waals surface area contributed by atoms with Crippen LogP contribution in [0.3, 0.4) is 0 Å². The first-order chi connectivity index (χ1) is 9.78. The van der Waals surface area contributed by atoms with E-state index in [1.165, 1.54) is 12.0 Å². The van der Waals surface area contributed by atoms with Crippen molar-refractivity contribution in [1.82, 2.24) is 15.0 Å². The van der Waals surface area contributed by atoms with E-state index >= 15 is 0 Å². The summed E-state index contributed by atoms with van der Waals surface area (Å²) >= 11 is 0. The summed E-state index contributed by atoms with van der Waals surface area (Å²) in [7, 11) is 0. The van der Waals surface area contributed by atoms with Crippen molar-refractivity contribution in [2.45, 2.75) is 38.6 Å². The average molecular weight is 271 g/mol. The molecule has 0 aliphatic carbocycles. The Bertz CT molecular complexity index is 552. The first kappa shape index (κ1) is 13.3. The number of hydrogen-bond donors (Lipinski definition) is 0. The molecule has 1 aromatic carbocycles. The van der Waals surface area contributed by atoms with E-state index in [-0.39, 0.29) is 6.04 Å². The van der Waals surface area contributed by atoms with Gasteiger partial charge >= 0.3 is 0 Å². The zero-order valence-corrected chi connectivity index (χ0v) is 12.1. The zero-order valence-electron chi connectivity index (χ0n) is 12.1. The number of likely N-dealkylation sites (tertiary alicyclic amines) is 1. The first-order valence-corrected chi connectivity index (χ1v) is 7.39. The van der Waals surface area contributed by atoms with Gasteiger partial charge < -0.3 is 4.52 Å². The number of hydrogen-bond acceptors (Lipinski definition) is 4. The molecule has 0 saturated carbocycles. The smallest absolute Gasteiger partial charge is 0.243 e. The molecule has 1 fully saturated rings. The molecule has 1 aliphatic heterocycles. The summed E-state index contributed by atoms with van der Waals surface area (Å²) in [5.74, 6) is 2.16. The molecule has 0 amide bonds. The summed E-state index contributed by atoms with van der Waals surface area (Å²) in [6.45, 7) is 6.35. The third kappa shape index (κ3) is 2.61. The van der Waals surface area contributed by atoms with Gasteiger partial charge in [0.15, 0.2) is 5.82 Å². The highest BCUT2D eigenvalue weighted by atomic mass is 16.5. The van der Waals surface area contributed by atoms with Gasteiger partial charge in [-0.1, -0.05) is 42.4 Å². The molecule has 1 aliphatic rings. The van der Waals surface area contributed by atoms with Gasteiger partial charge in [-0.2, -0.15) is 4.98 Å². The molecule has 4 nitrogen and oxygen atoms in total. The van der Waals surface area contributed by atoms with Crippen LogP contribution in [-0.4, -0.2) is 28.1 Å². The summed E-state index contributed by atoms with van der Waals surface area (Å²) < 4.78 is 5.37. The first-order valence-electron chi connectivity index (χ1n) is 7.39. The van der Waals surface area contributed by atoms with Crippen molar-refractivity contribution in [1.29, 1.82) is 0 Å². The van der Waals surface area contributed by atoms with Crippen LogP contribution in [0, 0.1) is 0 Å². The Morgan fingerprint density at radius 1 is 1.35 bits per heavy atom. The largest absolute Gasteiger partial charge is 0.338 e. The number of aryl methyl sites for hydroxylation is 1. The van der Waals surface area contributed by atoms with Gasteiger partial charge in [0.25, 0.3) is 0 Å². The van der Waals surface area contributed by atoms with Crippen LogP contribution in [0.2, 0.25) is 0 Å². The van der Waals surface area contributed by atoms with Crippen molar-refractivity contribution in [3.63, 3.8) is 0 Å². The van der Waals surface area contributed by atoms with E-state index in [4.69, 9.17) is 4.52 Å². The molecule has 1 aromatic heterocycles. The van der Waals surface area contributed by atoms with Gasteiger partial charge in [-0.15, -0.1) is 0 Å². The SMILES string of the molecule is CCc1noc([C@H](C)N2CC[C@@H](c3ccccc3)C2)n1. The van der Waals surface area contributed by atoms with Crippen molar-refractivity contribution in [3.8, 4) is 0 Å². The van der Waals surface area contributed by atoms with Gasteiger partial charge in [-0.25, -0.2) is 0 Å². The van der Waals surface area contributed by atoms with Crippen LogP contribution < -0.4 is 0 Å². The molecule has 2 atom stereocenters. The maximum atomic E-state index is 5.37. The summed E-state index contributed by atoms with van der Waals surface area (Å²) in [5.41, 5.74) is 1.43. The van der Waals surface area contributed by atoms with Crippen LogP contribution in [0.1, 0.15) is 49.5 Å². The molecule has 0 spiro atoms. The minimum Gasteiger partial charge on any atom is -0.338 e. The Labute approximate surface area is 119 Å². The lowest BCUT2D eigenvalue weighted by Gasteiger charge is -2.21. The van der Waals surface area contributed by atoms with Crippen LogP contribution in [0.5, 0.6) is 0 Å². The van der Waals surface area contributed by atoms with E-state index in [0.29, 0.717) is 5.92 Å². The molecular formula is C16H21N3O. The van der Waals surface area contributed by atoms with Crippen LogP contribution in [-0.2, 0) is 6.42 Å². The van der Waals surface area contributed by atoms with E-state index in [9.17, 15) is 0 Å². The molecule has 3 rings (SSSR count). The quantitative estimate of drug-likeness (QED) is 0.856. The predicted molar refractivity (Wildman–Crippen MR) is 77.5 cm³/mol. The lowest BCUT2D eigenvalue weighted by atomic mass is 9.99. The van der Waals surface area contributed by atoms with Crippen molar-refractivity contribution in [3.05, 3.63) is 47.6 Å². The Morgan fingerprint density at radius 2 is 2.15 bits per heavy atom. The Kier molecular flexibility index (Phi) is 3.83. The fraction of sp³-hybridized carbons (Fsp3) is 0.500. The van der Waals surface area contributed by atoms with Crippen molar-refractivity contribution < 1.29 is 4.52 Å². The van der Waals surface area contributed by atoms with E-state index in [1.54, 1.807) is 0 Å². The third-order valence-electron chi connectivity index (χ3n) is 4.20. The summed E-state index contributed by atoms with van der Waals surface area (Å²) in [6.07, 6.45) is 2.02. The fourth-order valence-electron chi connectivity index (χ4n) is 2.87. The molecule has 2 aromatic rings. The molecule has 2 heterocycles. The minimum atomic E-state index is 0.205. The maximum absolute atomic E-state index is 5.37. The van der Waals surface area contributed by atoms with Gasteiger partial charge in [-0.05, 0) is 31.4 Å². The summed E-state index contributed by atoms with van der Waals surface area (Å²) in [4.78, 5) is 6.89. The number of aromatic nitrogens is 2. The second kappa shape index (κ2) is 5.75. The predicted octanol–water partition coefficient (Wildman–Crippen LogP) is 3.18. The van der Waals surface area contributed by atoms with Crippen LogP contribution in [0.25, 0.3) is 0 Å². The molecule has 4 heteroatoms. The van der Waals surface area contributed by atoms with Crippen molar-refractivity contribution in [2.75, 3.05) is 13.1 Å². The molecule has 0 unspecified atom stereocenters. The standard InChI is InChI=1S/C16H21N3O/c1-3-15-17-16(20-18-15)12(2)19-10-9-14(11-19)13-7-5-4-6-8-13/h4-8,12,14H,3,9-11H2,1-2H3/t12-,14+/m0/s1. The second-order valence-electron chi connectivity index (χ2n) is 5.47. The summed E-state index contributed by atoms with van der Waals surface area (Å²) in [5, 5.41) is 3.99. The molecule has 0 radical (unpaired) electrons. The van der Waals surface area contributed by atoms with E-state index in [0.717, 1.165) is 31.2 Å². The highest BCUT2D eigenvalue weighted by Gasteiger charge is 2.30. The zero-order chi connectivity index (χ0) is 13.9. The molecule has 0 bridgehead atoms. The Balaban J connectivity index is 1.67. The van der Waals surface area contributed by atoms with E-state index < -0.39 is 0 Å². The Hall–Kier alpha value is -1.68. The highest BCUT2D eigenvalue weighted by molar-refractivity contribution is 5.21. The lowest BCUT2D eigenvalue weighted by molar-refractivity contribution is 0.207. The molecule has 0 N–H and O–H groups in total. The van der Waals surface area contributed by atoms with Crippen LogP contribution >= 0.6 is 0 Å². The lowest BCUT2D eigenvalue weighted by Crippen LogP contribution is -2.24. The van der Waals surface area contributed by atoms with Crippen molar-refractivity contribution in [2.24, 2.45) is 0 Å². The average Bonchev–Trinajstić information content (AvgIpc) is 3.17. The minimum absolute atomic E-state index is 0.205. The molecule has 1 saturated heterocycles. The van der Waals surface area contributed by atoms with Gasteiger partial charge in [0.05, 0.1) is 6.04 Å². The van der Waals surface area contributed by atoms with E-state index in [1.807, 2.05) is 6.92 Å². The monoisotopic (exact) mass is 271 g/mol. The second-order valence-corrected chi connectivity index (χ2v) is 5.47. The molecule has 106 valence electrons. The molecule has 20 heavy (non-hydrogen) atoms. The number of benzene rings is 1. The highest BCUT2D eigenvalue weighted by Crippen LogP contribution is 2.32. The van der Waals surface area contributed by atoms with Crippen LogP contribution in [0.15, 0.2) is 34.9 Å². The summed E-state index contributed by atoms with van der Waals surface area (Å²) in [6, 6.07) is 11.0.